The Kier molecular flexibility index (Phi) is 5.25. The lowest BCUT2D eigenvalue weighted by molar-refractivity contribution is -0.116. The van der Waals surface area contributed by atoms with Gasteiger partial charge in [-0.3, -0.25) is 20.0 Å². The van der Waals surface area contributed by atoms with Crippen molar-refractivity contribution >= 4 is 23.3 Å². The number of pyridine rings is 1. The summed E-state index contributed by atoms with van der Waals surface area (Å²) in [6.07, 6.45) is 4.58. The molecule has 2 aliphatic rings. The first-order valence-electron chi connectivity index (χ1n) is 9.44. The van der Waals surface area contributed by atoms with Gasteiger partial charge in [0.25, 0.3) is 5.91 Å². The van der Waals surface area contributed by atoms with Crippen molar-refractivity contribution in [2.24, 2.45) is 5.73 Å². The third-order valence-corrected chi connectivity index (χ3v) is 5.49. The number of nitrogens with two attached hydrogens (primary N) is 1. The largest absolute Gasteiger partial charge is 0.383 e. The third-order valence-electron chi connectivity index (χ3n) is 5.25. The van der Waals surface area contributed by atoms with E-state index in [1.165, 1.54) is 17.4 Å². The minimum absolute atomic E-state index is 0.0652. The Hall–Kier alpha value is -3.63. The van der Waals surface area contributed by atoms with E-state index in [4.69, 9.17) is 17.3 Å². The molecule has 30 heavy (non-hydrogen) atoms. The van der Waals surface area contributed by atoms with Gasteiger partial charge < -0.3 is 5.73 Å². The molecule has 0 spiro atoms. The molecule has 2 heterocycles. The van der Waals surface area contributed by atoms with Crippen LogP contribution in [0.2, 0.25) is 5.02 Å². The molecular formula is C22H18ClN5O2. The van der Waals surface area contributed by atoms with E-state index in [-0.39, 0.29) is 17.2 Å². The number of carbonyl (C=O) groups is 2. The Balaban J connectivity index is 1.83. The maximum Gasteiger partial charge on any atom is 0.270 e. The molecule has 0 radical (unpaired) electrons. The molecule has 2 aromatic rings. The highest BCUT2D eigenvalue weighted by Crippen LogP contribution is 2.44. The smallest absolute Gasteiger partial charge is 0.270 e. The van der Waals surface area contributed by atoms with Crippen LogP contribution in [0.1, 0.15) is 41.1 Å². The van der Waals surface area contributed by atoms with E-state index in [2.05, 4.69) is 16.5 Å². The molecular weight excluding hydrogens is 402 g/mol. The van der Waals surface area contributed by atoms with Gasteiger partial charge in [0.2, 0.25) is 0 Å². The average Bonchev–Trinajstić information content (AvgIpc) is 2.76. The van der Waals surface area contributed by atoms with Crippen LogP contribution >= 0.6 is 11.6 Å². The quantitative estimate of drug-likeness (QED) is 0.790. The molecule has 0 bridgehead atoms. The van der Waals surface area contributed by atoms with Crippen LogP contribution in [-0.4, -0.2) is 21.7 Å². The van der Waals surface area contributed by atoms with Crippen molar-refractivity contribution in [1.82, 2.24) is 15.4 Å². The van der Waals surface area contributed by atoms with Gasteiger partial charge in [0.15, 0.2) is 5.78 Å². The second-order valence-corrected chi connectivity index (χ2v) is 7.48. The fraction of sp³-hybridized carbons (Fsp3) is 0.182. The van der Waals surface area contributed by atoms with Gasteiger partial charge in [-0.1, -0.05) is 23.7 Å². The van der Waals surface area contributed by atoms with Gasteiger partial charge in [-0.15, -0.1) is 0 Å². The summed E-state index contributed by atoms with van der Waals surface area (Å²) in [5, 5.41) is 11.8. The molecule has 1 aliphatic carbocycles. The lowest BCUT2D eigenvalue weighted by Gasteiger charge is -2.39. The minimum atomic E-state index is -0.620. The number of hydrogen-bond donors (Lipinski definition) is 2. The van der Waals surface area contributed by atoms with Gasteiger partial charge in [0.1, 0.15) is 5.82 Å². The molecule has 1 aliphatic heterocycles. The van der Waals surface area contributed by atoms with E-state index < -0.39 is 11.8 Å². The second kappa shape index (κ2) is 8.01. The number of nitrogens with one attached hydrogen (secondary N) is 1. The molecule has 8 heteroatoms. The number of rotatable bonds is 3. The molecule has 0 saturated carbocycles. The van der Waals surface area contributed by atoms with Crippen molar-refractivity contribution in [3.8, 4) is 6.07 Å². The molecule has 1 unspecified atom stereocenters. The summed E-state index contributed by atoms with van der Waals surface area (Å²) in [5.41, 5.74) is 11.5. The Morgan fingerprint density at radius 2 is 2.03 bits per heavy atom. The van der Waals surface area contributed by atoms with Crippen molar-refractivity contribution in [1.29, 1.82) is 5.26 Å². The summed E-state index contributed by atoms with van der Waals surface area (Å²) in [6, 6.07) is 12.3. The number of aromatic nitrogens is 1. The monoisotopic (exact) mass is 419 g/mol. The fourth-order valence-corrected chi connectivity index (χ4v) is 4.10. The van der Waals surface area contributed by atoms with Gasteiger partial charge in [-0.05, 0) is 42.7 Å². The zero-order chi connectivity index (χ0) is 21.3. The highest BCUT2D eigenvalue weighted by molar-refractivity contribution is 6.30. The molecule has 1 aromatic heterocycles. The zero-order valence-corrected chi connectivity index (χ0v) is 16.7. The highest BCUT2D eigenvalue weighted by atomic mass is 35.5. The SMILES string of the molecule is N#CC1=C(N)N(NC(=O)c2ccncc2)C2=C(C(=O)CCC2)C1c1cccc(Cl)c1. The number of carbonyl (C=O) groups excluding carboxylic acids is 2. The Morgan fingerprint density at radius 3 is 2.73 bits per heavy atom. The number of hydrazine groups is 1. The maximum absolute atomic E-state index is 13.0. The molecule has 7 nitrogen and oxygen atoms in total. The van der Waals surface area contributed by atoms with Crippen LogP contribution in [0.15, 0.2) is 71.5 Å². The third kappa shape index (κ3) is 3.42. The normalized spacial score (nSPS) is 18.7. The van der Waals surface area contributed by atoms with Gasteiger partial charge >= 0.3 is 0 Å². The van der Waals surface area contributed by atoms with Crippen LogP contribution in [-0.2, 0) is 4.79 Å². The first kappa shape index (κ1) is 19.7. The second-order valence-electron chi connectivity index (χ2n) is 7.05. The van der Waals surface area contributed by atoms with Crippen LogP contribution in [0.4, 0.5) is 0 Å². The summed E-state index contributed by atoms with van der Waals surface area (Å²) < 4.78 is 0. The Labute approximate surface area is 178 Å². The molecule has 150 valence electrons. The molecule has 1 atom stereocenters. The molecule has 3 N–H and O–H groups in total. The number of hydrogen-bond acceptors (Lipinski definition) is 6. The summed E-state index contributed by atoms with van der Waals surface area (Å²) in [4.78, 5) is 29.6. The van der Waals surface area contributed by atoms with Crippen LogP contribution in [0.25, 0.3) is 0 Å². The standard InChI is InChI=1S/C22H18ClN5O2/c23-15-4-1-3-14(11-15)19-16(12-24)21(25)28(17-5-2-6-18(29)20(17)19)27-22(30)13-7-9-26-10-8-13/h1,3-4,7-11,19H,2,5-6,25H2,(H,27,30). The number of ketones is 1. The van der Waals surface area contributed by atoms with E-state index in [9.17, 15) is 14.9 Å². The topological polar surface area (TPSA) is 112 Å². The van der Waals surface area contributed by atoms with Gasteiger partial charge in [-0.25, -0.2) is 5.01 Å². The molecule has 1 aromatic carbocycles. The molecule has 0 fully saturated rings. The number of nitrogens with zero attached hydrogens (tertiary/aromatic N) is 3. The van der Waals surface area contributed by atoms with E-state index in [0.29, 0.717) is 46.7 Å². The van der Waals surface area contributed by atoms with Gasteiger partial charge in [0.05, 0.1) is 17.6 Å². The van der Waals surface area contributed by atoms with Crippen LogP contribution in [0.3, 0.4) is 0 Å². The average molecular weight is 420 g/mol. The number of Topliss-reactive ketones (excluding diaryl/α,β-unsaturated/α-hetero) is 1. The van der Waals surface area contributed by atoms with Crippen molar-refractivity contribution in [2.75, 3.05) is 0 Å². The van der Waals surface area contributed by atoms with Crippen LogP contribution < -0.4 is 11.2 Å². The molecule has 4 rings (SSSR count). The predicted molar refractivity (Wildman–Crippen MR) is 110 cm³/mol. The Bertz CT molecular complexity index is 1130. The summed E-state index contributed by atoms with van der Waals surface area (Å²) >= 11 is 6.16. The van der Waals surface area contributed by atoms with Crippen molar-refractivity contribution < 1.29 is 9.59 Å². The van der Waals surface area contributed by atoms with Crippen LogP contribution in [0, 0.1) is 11.3 Å². The number of benzene rings is 1. The summed E-state index contributed by atoms with van der Waals surface area (Å²) in [6.45, 7) is 0. The van der Waals surface area contributed by atoms with Gasteiger partial charge in [0, 0.05) is 40.7 Å². The van der Waals surface area contributed by atoms with E-state index in [0.717, 1.165) is 0 Å². The van der Waals surface area contributed by atoms with Crippen molar-refractivity contribution in [3.05, 3.63) is 87.6 Å². The van der Waals surface area contributed by atoms with E-state index >= 15 is 0 Å². The first-order chi connectivity index (χ1) is 14.5. The minimum Gasteiger partial charge on any atom is -0.383 e. The summed E-state index contributed by atoms with van der Waals surface area (Å²) in [7, 11) is 0. The molecule has 0 saturated heterocycles. The zero-order valence-electron chi connectivity index (χ0n) is 15.9. The highest BCUT2D eigenvalue weighted by Gasteiger charge is 2.40. The molecule has 1 amide bonds. The number of amides is 1. The Morgan fingerprint density at radius 1 is 1.27 bits per heavy atom. The van der Waals surface area contributed by atoms with Crippen molar-refractivity contribution in [3.63, 3.8) is 0 Å². The van der Waals surface area contributed by atoms with Crippen LogP contribution in [0.5, 0.6) is 0 Å². The number of allylic oxidation sites excluding steroid dienone is 3. The fourth-order valence-electron chi connectivity index (χ4n) is 3.90. The van der Waals surface area contributed by atoms with Crippen molar-refractivity contribution in [2.45, 2.75) is 25.2 Å². The lowest BCUT2D eigenvalue weighted by atomic mass is 9.76. The summed E-state index contributed by atoms with van der Waals surface area (Å²) in [5.74, 6) is -1.00. The predicted octanol–water partition coefficient (Wildman–Crippen LogP) is 3.18. The van der Waals surface area contributed by atoms with E-state index in [1.54, 1.807) is 30.3 Å². The number of halogens is 1. The lowest BCUT2D eigenvalue weighted by Crippen LogP contribution is -2.48. The first-order valence-corrected chi connectivity index (χ1v) is 9.81. The van der Waals surface area contributed by atoms with E-state index in [1.807, 2.05) is 6.07 Å². The maximum atomic E-state index is 13.0. The van der Waals surface area contributed by atoms with Gasteiger partial charge in [-0.2, -0.15) is 5.26 Å². The number of nitriles is 1.